The molecule has 2 aliphatic rings. The molecule has 1 amide bonds. The molecule has 1 N–H and O–H groups in total. The Kier molecular flexibility index (Phi) is 5.12. The zero-order valence-electron chi connectivity index (χ0n) is 17.6. The molecule has 1 aromatic carbocycles. The minimum atomic E-state index is -0.606. The largest absolute Gasteiger partial charge is 0.495 e. The topological polar surface area (TPSA) is 47.6 Å². The van der Waals surface area contributed by atoms with Gasteiger partial charge in [-0.05, 0) is 89.0 Å². The fourth-order valence-electron chi connectivity index (χ4n) is 3.85. The predicted octanol–water partition coefficient (Wildman–Crippen LogP) is 4.63. The first-order valence-electron chi connectivity index (χ1n) is 10.2. The average Bonchev–Trinajstić information content (AvgIpc) is 3.16. The SMILES string of the molecule is Cc1c(B2OC(C)(C)C(C)(C)O2)ccc(F)c1NC(=O)c1cc2c(s1)CCCC2. The van der Waals surface area contributed by atoms with Crippen molar-refractivity contribution in [1.82, 2.24) is 0 Å². The van der Waals surface area contributed by atoms with Crippen molar-refractivity contribution >= 4 is 35.5 Å². The second-order valence-electron chi connectivity index (χ2n) is 8.95. The summed E-state index contributed by atoms with van der Waals surface area (Å²) in [6.45, 7) is 9.71. The quantitative estimate of drug-likeness (QED) is 0.744. The minimum absolute atomic E-state index is 0.189. The molecule has 2 aromatic rings. The van der Waals surface area contributed by atoms with Gasteiger partial charge in [-0.1, -0.05) is 6.07 Å². The van der Waals surface area contributed by atoms with E-state index in [1.54, 1.807) is 13.0 Å². The lowest BCUT2D eigenvalue weighted by atomic mass is 9.75. The number of halogens is 1. The van der Waals surface area contributed by atoms with Crippen LogP contribution >= 0.6 is 11.3 Å². The van der Waals surface area contributed by atoms with Gasteiger partial charge in [-0.2, -0.15) is 0 Å². The number of nitrogens with one attached hydrogen (secondary N) is 1. The summed E-state index contributed by atoms with van der Waals surface area (Å²) in [5.41, 5.74) is 1.82. The highest BCUT2D eigenvalue weighted by Gasteiger charge is 2.52. The number of hydrogen-bond acceptors (Lipinski definition) is 4. The molecule has 0 radical (unpaired) electrons. The van der Waals surface area contributed by atoms with E-state index in [-0.39, 0.29) is 11.6 Å². The Hall–Kier alpha value is -1.70. The first-order chi connectivity index (χ1) is 13.6. The molecule has 1 saturated heterocycles. The summed E-state index contributed by atoms with van der Waals surface area (Å²) < 4.78 is 26.9. The molecule has 29 heavy (non-hydrogen) atoms. The predicted molar refractivity (Wildman–Crippen MR) is 116 cm³/mol. The highest BCUT2D eigenvalue weighted by atomic mass is 32.1. The van der Waals surface area contributed by atoms with E-state index in [2.05, 4.69) is 5.32 Å². The third kappa shape index (κ3) is 3.64. The third-order valence-electron chi connectivity index (χ3n) is 6.42. The molecule has 2 heterocycles. The number of rotatable bonds is 3. The van der Waals surface area contributed by atoms with Gasteiger partial charge < -0.3 is 14.6 Å². The van der Waals surface area contributed by atoms with E-state index in [1.807, 2.05) is 33.8 Å². The molecule has 7 heteroatoms. The van der Waals surface area contributed by atoms with Crippen molar-refractivity contribution in [2.24, 2.45) is 0 Å². The maximum absolute atomic E-state index is 14.6. The number of thiophene rings is 1. The zero-order chi connectivity index (χ0) is 21.0. The number of aryl methyl sites for hydroxylation is 2. The highest BCUT2D eigenvalue weighted by molar-refractivity contribution is 7.14. The number of hydrogen-bond donors (Lipinski definition) is 1. The van der Waals surface area contributed by atoms with Gasteiger partial charge in [0.25, 0.3) is 5.91 Å². The van der Waals surface area contributed by atoms with Crippen LogP contribution in [0.1, 0.15) is 66.2 Å². The van der Waals surface area contributed by atoms with Crippen LogP contribution < -0.4 is 10.8 Å². The van der Waals surface area contributed by atoms with Crippen LogP contribution in [0.15, 0.2) is 18.2 Å². The monoisotopic (exact) mass is 415 g/mol. The second kappa shape index (κ2) is 7.22. The second-order valence-corrected chi connectivity index (χ2v) is 10.1. The standard InChI is InChI=1S/C22H27BFNO3S/c1-13-15(23-27-21(2,3)22(4,5)28-23)10-11-16(24)19(13)25-20(26)18-12-14-8-6-7-9-17(14)29-18/h10-12H,6-9H2,1-5H3,(H,25,26). The molecule has 1 aliphatic carbocycles. The van der Waals surface area contributed by atoms with Crippen molar-refractivity contribution in [2.75, 3.05) is 5.32 Å². The number of benzene rings is 1. The molecule has 1 fully saturated rings. The van der Waals surface area contributed by atoms with Crippen LogP contribution in [0, 0.1) is 12.7 Å². The fourth-order valence-corrected chi connectivity index (χ4v) is 5.00. The molecule has 1 aliphatic heterocycles. The summed E-state index contributed by atoms with van der Waals surface area (Å²) in [6.07, 6.45) is 4.37. The van der Waals surface area contributed by atoms with Crippen LogP contribution in [0.25, 0.3) is 0 Å². The van der Waals surface area contributed by atoms with E-state index in [1.165, 1.54) is 34.3 Å². The molecular weight excluding hydrogens is 388 g/mol. The third-order valence-corrected chi connectivity index (χ3v) is 7.66. The highest BCUT2D eigenvalue weighted by Crippen LogP contribution is 2.37. The first kappa shape index (κ1) is 20.6. The Bertz CT molecular complexity index is 930. The summed E-state index contributed by atoms with van der Waals surface area (Å²) in [6, 6.07) is 4.99. The summed E-state index contributed by atoms with van der Waals surface area (Å²) in [5.74, 6) is -0.727. The molecule has 1 aromatic heterocycles. The van der Waals surface area contributed by atoms with Crippen molar-refractivity contribution < 1.29 is 18.5 Å². The Morgan fingerprint density at radius 2 is 1.79 bits per heavy atom. The Morgan fingerprint density at radius 1 is 1.14 bits per heavy atom. The molecule has 0 unspecified atom stereocenters. The molecule has 154 valence electrons. The summed E-state index contributed by atoms with van der Waals surface area (Å²) in [7, 11) is -0.606. The van der Waals surface area contributed by atoms with Gasteiger partial charge in [0, 0.05) is 4.88 Å². The maximum Gasteiger partial charge on any atom is 0.495 e. The van der Waals surface area contributed by atoms with Crippen molar-refractivity contribution in [2.45, 2.75) is 71.5 Å². The molecule has 4 nitrogen and oxygen atoms in total. The number of anilines is 1. The van der Waals surface area contributed by atoms with Gasteiger partial charge >= 0.3 is 7.12 Å². The van der Waals surface area contributed by atoms with Crippen LogP contribution in [0.5, 0.6) is 0 Å². The summed E-state index contributed by atoms with van der Waals surface area (Å²) >= 11 is 1.52. The Morgan fingerprint density at radius 3 is 2.45 bits per heavy atom. The molecular formula is C22H27BFNO3S. The van der Waals surface area contributed by atoms with Crippen LogP contribution in [0.3, 0.4) is 0 Å². The van der Waals surface area contributed by atoms with Gasteiger partial charge in [-0.25, -0.2) is 4.39 Å². The van der Waals surface area contributed by atoms with E-state index < -0.39 is 24.1 Å². The lowest BCUT2D eigenvalue weighted by Crippen LogP contribution is -2.41. The van der Waals surface area contributed by atoms with E-state index in [9.17, 15) is 9.18 Å². The Labute approximate surface area is 175 Å². The van der Waals surface area contributed by atoms with Gasteiger partial charge in [0.1, 0.15) is 5.82 Å². The molecule has 4 rings (SSSR count). The van der Waals surface area contributed by atoms with Crippen LogP contribution in [-0.4, -0.2) is 24.2 Å². The molecule has 0 atom stereocenters. The summed E-state index contributed by atoms with van der Waals surface area (Å²) in [4.78, 5) is 14.8. The fraction of sp³-hybridized carbons (Fsp3) is 0.500. The number of amides is 1. The van der Waals surface area contributed by atoms with Crippen molar-refractivity contribution in [3.05, 3.63) is 44.9 Å². The van der Waals surface area contributed by atoms with Crippen molar-refractivity contribution in [3.8, 4) is 0 Å². The number of fused-ring (bicyclic) bond motifs is 1. The van der Waals surface area contributed by atoms with Crippen molar-refractivity contribution in [1.29, 1.82) is 0 Å². The number of carbonyl (C=O) groups is 1. The lowest BCUT2D eigenvalue weighted by molar-refractivity contribution is 0.00578. The van der Waals surface area contributed by atoms with Crippen LogP contribution in [-0.2, 0) is 22.2 Å². The van der Waals surface area contributed by atoms with E-state index in [0.717, 1.165) is 24.7 Å². The van der Waals surface area contributed by atoms with E-state index in [0.29, 0.717) is 10.4 Å². The lowest BCUT2D eigenvalue weighted by Gasteiger charge is -2.32. The van der Waals surface area contributed by atoms with Gasteiger partial charge in [0.2, 0.25) is 0 Å². The van der Waals surface area contributed by atoms with Gasteiger partial charge in [-0.3, -0.25) is 4.79 Å². The Balaban J connectivity index is 1.61. The van der Waals surface area contributed by atoms with E-state index >= 15 is 0 Å². The number of carbonyl (C=O) groups excluding carboxylic acids is 1. The summed E-state index contributed by atoms with van der Waals surface area (Å²) in [5, 5.41) is 2.79. The van der Waals surface area contributed by atoms with Gasteiger partial charge in [0.15, 0.2) is 0 Å². The van der Waals surface area contributed by atoms with Gasteiger partial charge in [-0.15, -0.1) is 11.3 Å². The average molecular weight is 415 g/mol. The van der Waals surface area contributed by atoms with Crippen LogP contribution in [0.4, 0.5) is 10.1 Å². The normalized spacial score (nSPS) is 19.9. The van der Waals surface area contributed by atoms with Gasteiger partial charge in [0.05, 0.1) is 21.8 Å². The molecule has 0 saturated carbocycles. The van der Waals surface area contributed by atoms with Crippen LogP contribution in [0.2, 0.25) is 0 Å². The smallest absolute Gasteiger partial charge is 0.399 e. The van der Waals surface area contributed by atoms with E-state index in [4.69, 9.17) is 9.31 Å². The maximum atomic E-state index is 14.6. The molecule has 0 spiro atoms. The first-order valence-corrected chi connectivity index (χ1v) is 11.0. The zero-order valence-corrected chi connectivity index (χ0v) is 18.5. The minimum Gasteiger partial charge on any atom is -0.399 e. The molecule has 0 bridgehead atoms. The van der Waals surface area contributed by atoms with Crippen molar-refractivity contribution in [3.63, 3.8) is 0 Å².